The number of fused-ring (bicyclic) bond motifs is 1. The molecule has 28 heavy (non-hydrogen) atoms. The number of aromatic nitrogens is 3. The van der Waals surface area contributed by atoms with Gasteiger partial charge in [0.25, 0.3) is 0 Å². The Balaban J connectivity index is 1.55. The van der Waals surface area contributed by atoms with Crippen LogP contribution in [0.5, 0.6) is 0 Å². The minimum Gasteiger partial charge on any atom is -0.423 e. The van der Waals surface area contributed by atoms with Crippen LogP contribution >= 0.6 is 11.8 Å². The van der Waals surface area contributed by atoms with Gasteiger partial charge in [-0.25, -0.2) is 14.7 Å². The Bertz CT molecular complexity index is 1230. The molecule has 0 radical (unpaired) electrons. The highest BCUT2D eigenvalue weighted by molar-refractivity contribution is 7.98. The third-order valence-electron chi connectivity index (χ3n) is 4.53. The largest absolute Gasteiger partial charge is 0.423 e. The molecule has 2 aromatic carbocycles. The number of aryl methyl sites for hydroxylation is 2. The normalized spacial score (nSPS) is 11.2. The Morgan fingerprint density at radius 2 is 1.93 bits per heavy atom. The summed E-state index contributed by atoms with van der Waals surface area (Å²) in [6.45, 7) is 2.49. The average molecular weight is 393 g/mol. The van der Waals surface area contributed by atoms with Crippen molar-refractivity contribution in [1.82, 2.24) is 14.8 Å². The van der Waals surface area contributed by atoms with E-state index in [4.69, 9.17) is 4.42 Å². The lowest BCUT2D eigenvalue weighted by Crippen LogP contribution is -2.18. The molecular weight excluding hydrogens is 374 g/mol. The van der Waals surface area contributed by atoms with Crippen LogP contribution in [0.1, 0.15) is 16.7 Å². The SMILES string of the molecule is Cc1ccc2c(CSc3n[nH]c(=O)n3CCc3ccccc3)cc(=O)oc2c1. The van der Waals surface area contributed by atoms with E-state index in [1.807, 2.05) is 55.5 Å². The van der Waals surface area contributed by atoms with Crippen molar-refractivity contribution in [2.45, 2.75) is 30.8 Å². The highest BCUT2D eigenvalue weighted by atomic mass is 32.2. The van der Waals surface area contributed by atoms with Crippen LogP contribution in [0.2, 0.25) is 0 Å². The standard InChI is InChI=1S/C21H19N3O3S/c1-14-7-8-17-16(12-19(25)27-18(17)11-14)13-28-21-23-22-20(26)24(21)10-9-15-5-3-2-4-6-15/h2-8,11-12H,9-10,13H2,1H3,(H,22,26). The quantitative estimate of drug-likeness (QED) is 0.400. The van der Waals surface area contributed by atoms with Crippen LogP contribution in [0.3, 0.4) is 0 Å². The second-order valence-electron chi connectivity index (χ2n) is 6.58. The summed E-state index contributed by atoms with van der Waals surface area (Å²) in [5.74, 6) is 0.515. The Labute approximate surface area is 165 Å². The minimum atomic E-state index is -0.378. The van der Waals surface area contributed by atoms with Crippen LogP contribution in [0, 0.1) is 6.92 Å². The molecule has 0 aliphatic heterocycles. The fraction of sp³-hybridized carbons (Fsp3) is 0.190. The van der Waals surface area contributed by atoms with E-state index in [9.17, 15) is 9.59 Å². The number of benzene rings is 2. The lowest BCUT2D eigenvalue weighted by molar-refractivity contribution is 0.559. The Morgan fingerprint density at radius 1 is 1.11 bits per heavy atom. The third-order valence-corrected chi connectivity index (χ3v) is 5.56. The van der Waals surface area contributed by atoms with Crippen molar-refractivity contribution in [2.24, 2.45) is 0 Å². The van der Waals surface area contributed by atoms with Crippen LogP contribution in [0.25, 0.3) is 11.0 Å². The van der Waals surface area contributed by atoms with Crippen LogP contribution in [-0.4, -0.2) is 14.8 Å². The number of rotatable bonds is 6. The molecule has 0 amide bonds. The maximum Gasteiger partial charge on any atom is 0.343 e. The van der Waals surface area contributed by atoms with Gasteiger partial charge in [-0.05, 0) is 36.1 Å². The number of thioether (sulfide) groups is 1. The van der Waals surface area contributed by atoms with Crippen LogP contribution < -0.4 is 11.3 Å². The molecule has 0 aliphatic carbocycles. The first-order chi connectivity index (χ1) is 13.6. The first-order valence-electron chi connectivity index (χ1n) is 8.95. The molecule has 0 aliphatic rings. The Morgan fingerprint density at radius 3 is 2.75 bits per heavy atom. The molecule has 0 saturated heterocycles. The summed E-state index contributed by atoms with van der Waals surface area (Å²) >= 11 is 1.42. The predicted molar refractivity (Wildman–Crippen MR) is 110 cm³/mol. The van der Waals surface area contributed by atoms with Gasteiger partial charge in [-0.15, -0.1) is 5.10 Å². The molecule has 4 rings (SSSR count). The summed E-state index contributed by atoms with van der Waals surface area (Å²) in [6.07, 6.45) is 0.741. The topological polar surface area (TPSA) is 80.9 Å². The first kappa shape index (κ1) is 18.3. The third kappa shape index (κ3) is 3.94. The molecule has 0 fully saturated rings. The summed E-state index contributed by atoms with van der Waals surface area (Å²) in [5, 5.41) is 8.17. The van der Waals surface area contributed by atoms with E-state index in [0.717, 1.165) is 28.5 Å². The van der Waals surface area contributed by atoms with Crippen molar-refractivity contribution < 1.29 is 4.42 Å². The Hall–Kier alpha value is -3.06. The number of H-pyrrole nitrogens is 1. The van der Waals surface area contributed by atoms with Gasteiger partial charge >= 0.3 is 11.3 Å². The van der Waals surface area contributed by atoms with Crippen molar-refractivity contribution in [3.8, 4) is 0 Å². The van der Waals surface area contributed by atoms with E-state index >= 15 is 0 Å². The lowest BCUT2D eigenvalue weighted by atomic mass is 10.1. The number of nitrogens with zero attached hydrogens (tertiary/aromatic N) is 2. The molecule has 0 spiro atoms. The van der Waals surface area contributed by atoms with Crippen molar-refractivity contribution in [3.63, 3.8) is 0 Å². The zero-order chi connectivity index (χ0) is 19.5. The number of hydrogen-bond donors (Lipinski definition) is 1. The number of aromatic amines is 1. The first-order valence-corrected chi connectivity index (χ1v) is 9.94. The van der Waals surface area contributed by atoms with Crippen LogP contribution in [0.15, 0.2) is 73.8 Å². The average Bonchev–Trinajstić information content (AvgIpc) is 3.04. The molecule has 0 atom stereocenters. The van der Waals surface area contributed by atoms with Gasteiger partial charge in [-0.2, -0.15) is 0 Å². The molecule has 4 aromatic rings. The van der Waals surface area contributed by atoms with E-state index in [2.05, 4.69) is 10.2 Å². The van der Waals surface area contributed by atoms with E-state index in [-0.39, 0.29) is 11.3 Å². The summed E-state index contributed by atoms with van der Waals surface area (Å²) in [7, 11) is 0. The summed E-state index contributed by atoms with van der Waals surface area (Å²) in [5.41, 5.74) is 3.02. The van der Waals surface area contributed by atoms with Crippen molar-refractivity contribution in [3.05, 3.63) is 92.2 Å². The highest BCUT2D eigenvalue weighted by Gasteiger charge is 2.12. The molecule has 0 bridgehead atoms. The predicted octanol–water partition coefficient (Wildman–Crippen LogP) is 3.52. The Kier molecular flexibility index (Phi) is 5.16. The molecule has 2 aromatic heterocycles. The van der Waals surface area contributed by atoms with E-state index < -0.39 is 0 Å². The zero-order valence-corrected chi connectivity index (χ0v) is 16.2. The monoisotopic (exact) mass is 393 g/mol. The van der Waals surface area contributed by atoms with Gasteiger partial charge in [0, 0.05) is 23.8 Å². The molecular formula is C21H19N3O3S. The second-order valence-corrected chi connectivity index (χ2v) is 7.52. The number of nitrogens with one attached hydrogen (secondary N) is 1. The van der Waals surface area contributed by atoms with Gasteiger partial charge in [0.1, 0.15) is 5.58 Å². The minimum absolute atomic E-state index is 0.230. The van der Waals surface area contributed by atoms with Gasteiger partial charge in [0.05, 0.1) is 0 Å². The molecule has 142 valence electrons. The van der Waals surface area contributed by atoms with Crippen molar-refractivity contribution in [1.29, 1.82) is 0 Å². The van der Waals surface area contributed by atoms with Gasteiger partial charge in [0.2, 0.25) is 0 Å². The van der Waals surface area contributed by atoms with Gasteiger partial charge in [0.15, 0.2) is 5.16 Å². The van der Waals surface area contributed by atoms with Crippen LogP contribution in [0.4, 0.5) is 0 Å². The molecule has 1 N–H and O–H groups in total. The maximum absolute atomic E-state index is 12.1. The lowest BCUT2D eigenvalue weighted by Gasteiger charge is -2.07. The summed E-state index contributed by atoms with van der Waals surface area (Å²) in [4.78, 5) is 24.0. The zero-order valence-electron chi connectivity index (χ0n) is 15.3. The van der Waals surface area contributed by atoms with Gasteiger partial charge < -0.3 is 4.42 Å². The summed E-state index contributed by atoms with van der Waals surface area (Å²) < 4.78 is 6.94. The van der Waals surface area contributed by atoms with Crippen molar-refractivity contribution >= 4 is 22.7 Å². The van der Waals surface area contributed by atoms with Crippen molar-refractivity contribution in [2.75, 3.05) is 0 Å². The fourth-order valence-electron chi connectivity index (χ4n) is 3.10. The molecule has 0 unspecified atom stereocenters. The highest BCUT2D eigenvalue weighted by Crippen LogP contribution is 2.25. The maximum atomic E-state index is 12.1. The number of hydrogen-bond acceptors (Lipinski definition) is 5. The smallest absolute Gasteiger partial charge is 0.343 e. The molecule has 6 nitrogen and oxygen atoms in total. The van der Waals surface area contributed by atoms with E-state index in [0.29, 0.717) is 23.0 Å². The fourth-order valence-corrected chi connectivity index (χ4v) is 4.06. The molecule has 2 heterocycles. The summed E-state index contributed by atoms with van der Waals surface area (Å²) in [6, 6.07) is 17.3. The van der Waals surface area contributed by atoms with Gasteiger partial charge in [-0.1, -0.05) is 54.2 Å². The molecule has 7 heteroatoms. The van der Waals surface area contributed by atoms with E-state index in [1.54, 1.807) is 4.57 Å². The van der Waals surface area contributed by atoms with E-state index in [1.165, 1.54) is 17.8 Å². The van der Waals surface area contributed by atoms with Gasteiger partial charge in [-0.3, -0.25) is 4.57 Å². The second kappa shape index (κ2) is 7.90. The van der Waals surface area contributed by atoms with Crippen LogP contribution in [-0.2, 0) is 18.7 Å². The molecule has 0 saturated carbocycles.